The number of nitrogens with one attached hydrogen (secondary N) is 2. The summed E-state index contributed by atoms with van der Waals surface area (Å²) in [6, 6.07) is 4.25. The van der Waals surface area contributed by atoms with E-state index in [1.165, 1.54) is 64.5 Å². The van der Waals surface area contributed by atoms with Crippen LogP contribution in [0.15, 0.2) is 21.2 Å². The summed E-state index contributed by atoms with van der Waals surface area (Å²) < 4.78 is 6.24. The summed E-state index contributed by atoms with van der Waals surface area (Å²) in [6.07, 6.45) is 12.1. The molecular weight excluding hydrogens is 404 g/mol. The molecule has 6 heteroatoms. The maximum atomic E-state index is 8.86. The molecule has 1 unspecified atom stereocenters. The van der Waals surface area contributed by atoms with E-state index in [1.54, 1.807) is 12.3 Å². The molecule has 2 aromatic heterocycles. The lowest BCUT2D eigenvalue weighted by Crippen LogP contribution is -2.29. The summed E-state index contributed by atoms with van der Waals surface area (Å²) in [6.45, 7) is 4.78. The number of rotatable bonds is 3. The third kappa shape index (κ3) is 5.46. The van der Waals surface area contributed by atoms with Crippen LogP contribution in [0.3, 0.4) is 0 Å². The topological polar surface area (TPSA) is 73.9 Å². The number of furan rings is 1. The minimum Gasteiger partial charge on any atom is -0.444 e. The SMILES string of the molecule is CCC1CCCNC1.N#Cc1cc2c(Br)c(NC3CCCCC3)ncc2o1. The molecule has 0 bridgehead atoms. The van der Waals surface area contributed by atoms with Crippen LogP contribution in [-0.2, 0) is 0 Å². The molecule has 5 nitrogen and oxygen atoms in total. The van der Waals surface area contributed by atoms with E-state index in [0.29, 0.717) is 17.4 Å². The molecule has 3 heterocycles. The number of halogens is 1. The standard InChI is InChI=1S/C14H14BrN3O.C7H15N/c15-13-11-6-10(7-16)19-12(11)8-17-14(13)18-9-4-2-1-3-5-9;1-2-7-4-3-5-8-6-7/h6,8-9H,1-5H2,(H,17,18);7-8H,2-6H2,1H3. The van der Waals surface area contributed by atoms with E-state index >= 15 is 0 Å². The minimum atomic E-state index is 0.312. The first-order valence-electron chi connectivity index (χ1n) is 10.2. The van der Waals surface area contributed by atoms with E-state index in [2.05, 4.69) is 38.5 Å². The highest BCUT2D eigenvalue weighted by Gasteiger charge is 2.17. The van der Waals surface area contributed by atoms with Crippen LogP contribution < -0.4 is 10.6 Å². The van der Waals surface area contributed by atoms with Gasteiger partial charge in [0.15, 0.2) is 5.58 Å². The molecule has 1 aliphatic carbocycles. The lowest BCUT2D eigenvalue weighted by molar-refractivity contribution is 0.369. The minimum absolute atomic E-state index is 0.312. The van der Waals surface area contributed by atoms with E-state index in [1.807, 2.05) is 6.07 Å². The molecule has 1 atom stereocenters. The molecule has 0 spiro atoms. The van der Waals surface area contributed by atoms with E-state index in [9.17, 15) is 0 Å². The fourth-order valence-corrected chi connectivity index (χ4v) is 4.38. The fraction of sp³-hybridized carbons (Fsp3) is 0.619. The maximum absolute atomic E-state index is 8.86. The van der Waals surface area contributed by atoms with Crippen molar-refractivity contribution in [3.63, 3.8) is 0 Å². The molecule has 27 heavy (non-hydrogen) atoms. The number of anilines is 1. The van der Waals surface area contributed by atoms with Gasteiger partial charge in [0.2, 0.25) is 5.76 Å². The van der Waals surface area contributed by atoms with Gasteiger partial charge >= 0.3 is 0 Å². The highest BCUT2D eigenvalue weighted by atomic mass is 79.9. The van der Waals surface area contributed by atoms with Crippen LogP contribution in [0.5, 0.6) is 0 Å². The van der Waals surface area contributed by atoms with Crippen LogP contribution in [0.2, 0.25) is 0 Å². The maximum Gasteiger partial charge on any atom is 0.204 e. The summed E-state index contributed by atoms with van der Waals surface area (Å²) in [7, 11) is 0. The first-order valence-corrected chi connectivity index (χ1v) is 11.0. The van der Waals surface area contributed by atoms with Crippen molar-refractivity contribution >= 4 is 32.7 Å². The number of pyridine rings is 1. The molecule has 2 aliphatic rings. The van der Waals surface area contributed by atoms with Gasteiger partial charge in [-0.15, -0.1) is 0 Å². The highest BCUT2D eigenvalue weighted by molar-refractivity contribution is 9.10. The van der Waals surface area contributed by atoms with Crippen molar-refractivity contribution in [3.05, 3.63) is 22.5 Å². The van der Waals surface area contributed by atoms with Gasteiger partial charge < -0.3 is 15.1 Å². The van der Waals surface area contributed by atoms with E-state index in [-0.39, 0.29) is 0 Å². The molecule has 1 saturated carbocycles. The third-order valence-corrected chi connectivity index (χ3v) is 6.35. The van der Waals surface area contributed by atoms with Crippen molar-refractivity contribution in [2.75, 3.05) is 18.4 Å². The average Bonchev–Trinajstić information content (AvgIpc) is 3.16. The molecule has 2 fully saturated rings. The Morgan fingerprint density at radius 2 is 2.11 bits per heavy atom. The van der Waals surface area contributed by atoms with Gasteiger partial charge in [0.05, 0.1) is 10.7 Å². The number of piperidine rings is 1. The Morgan fingerprint density at radius 1 is 1.30 bits per heavy atom. The largest absolute Gasteiger partial charge is 0.444 e. The van der Waals surface area contributed by atoms with E-state index < -0.39 is 0 Å². The molecule has 1 saturated heterocycles. The second-order valence-electron chi connectivity index (χ2n) is 7.52. The average molecular weight is 433 g/mol. The van der Waals surface area contributed by atoms with Crippen LogP contribution in [0.25, 0.3) is 11.0 Å². The van der Waals surface area contributed by atoms with Crippen LogP contribution in [-0.4, -0.2) is 24.1 Å². The van der Waals surface area contributed by atoms with Gasteiger partial charge in [0.1, 0.15) is 11.9 Å². The Morgan fingerprint density at radius 3 is 2.74 bits per heavy atom. The number of hydrogen-bond acceptors (Lipinski definition) is 5. The molecular formula is C21H29BrN4O. The number of nitrogens with zero attached hydrogens (tertiary/aromatic N) is 2. The van der Waals surface area contributed by atoms with E-state index in [0.717, 1.165) is 21.6 Å². The summed E-state index contributed by atoms with van der Waals surface area (Å²) in [5.74, 6) is 2.13. The summed E-state index contributed by atoms with van der Waals surface area (Å²) >= 11 is 3.56. The predicted octanol–water partition coefficient (Wildman–Crippen LogP) is 5.60. The second-order valence-corrected chi connectivity index (χ2v) is 8.31. The van der Waals surface area contributed by atoms with Gasteiger partial charge in [0, 0.05) is 17.5 Å². The molecule has 4 rings (SSSR count). The van der Waals surface area contributed by atoms with Crippen LogP contribution >= 0.6 is 15.9 Å². The van der Waals surface area contributed by atoms with E-state index in [4.69, 9.17) is 9.68 Å². The summed E-state index contributed by atoms with van der Waals surface area (Å²) in [4.78, 5) is 4.39. The van der Waals surface area contributed by atoms with Crippen LogP contribution in [0, 0.1) is 17.2 Å². The fourth-order valence-electron chi connectivity index (χ4n) is 3.85. The molecule has 0 radical (unpaired) electrons. The van der Waals surface area contributed by atoms with Crippen LogP contribution in [0.4, 0.5) is 5.82 Å². The quantitative estimate of drug-likeness (QED) is 0.659. The predicted molar refractivity (Wildman–Crippen MR) is 113 cm³/mol. The molecule has 0 aromatic carbocycles. The Balaban J connectivity index is 0.000000221. The van der Waals surface area contributed by atoms with Crippen LogP contribution in [0.1, 0.15) is 64.1 Å². The number of fused-ring (bicyclic) bond motifs is 1. The number of nitriles is 1. The second kappa shape index (κ2) is 10.1. The van der Waals surface area contributed by atoms with Crippen molar-refractivity contribution < 1.29 is 4.42 Å². The molecule has 1 aliphatic heterocycles. The zero-order valence-electron chi connectivity index (χ0n) is 16.1. The first-order chi connectivity index (χ1) is 13.2. The van der Waals surface area contributed by atoms with Gasteiger partial charge in [-0.1, -0.05) is 32.6 Å². The monoisotopic (exact) mass is 432 g/mol. The van der Waals surface area contributed by atoms with Gasteiger partial charge in [-0.3, -0.25) is 0 Å². The molecule has 2 aromatic rings. The lowest BCUT2D eigenvalue weighted by atomic mass is 9.95. The van der Waals surface area contributed by atoms with Gasteiger partial charge in [-0.05, 0) is 60.6 Å². The zero-order chi connectivity index (χ0) is 19.1. The number of aromatic nitrogens is 1. The smallest absolute Gasteiger partial charge is 0.204 e. The summed E-state index contributed by atoms with van der Waals surface area (Å²) in [5.41, 5.74) is 0.637. The summed E-state index contributed by atoms with van der Waals surface area (Å²) in [5, 5.41) is 16.6. The third-order valence-electron chi connectivity index (χ3n) is 5.55. The zero-order valence-corrected chi connectivity index (χ0v) is 17.6. The van der Waals surface area contributed by atoms with Crippen molar-refractivity contribution in [2.45, 2.75) is 64.3 Å². The van der Waals surface area contributed by atoms with Gasteiger partial charge in [-0.25, -0.2) is 4.98 Å². The highest BCUT2D eigenvalue weighted by Crippen LogP contribution is 2.33. The first kappa shape index (κ1) is 20.2. The van der Waals surface area contributed by atoms with Crippen molar-refractivity contribution in [1.82, 2.24) is 10.3 Å². The van der Waals surface area contributed by atoms with Crippen molar-refractivity contribution in [2.24, 2.45) is 5.92 Å². The van der Waals surface area contributed by atoms with Gasteiger partial charge in [0.25, 0.3) is 0 Å². The molecule has 146 valence electrons. The Labute approximate surface area is 170 Å². The molecule has 2 N–H and O–H groups in total. The Bertz CT molecular complexity index is 770. The number of hydrogen-bond donors (Lipinski definition) is 2. The lowest BCUT2D eigenvalue weighted by Gasteiger charge is -2.23. The van der Waals surface area contributed by atoms with Crippen molar-refractivity contribution in [3.8, 4) is 6.07 Å². The normalized spacial score (nSPS) is 20.6. The van der Waals surface area contributed by atoms with Gasteiger partial charge in [-0.2, -0.15) is 5.26 Å². The Kier molecular flexibility index (Phi) is 7.54. The van der Waals surface area contributed by atoms with Crippen molar-refractivity contribution in [1.29, 1.82) is 5.26 Å². The Hall–Kier alpha value is -1.58. The molecule has 0 amide bonds.